The number of allylic oxidation sites excluding steroid dienone is 1. The molecular weight excluding hydrogens is 524 g/mol. The normalized spacial score (nSPS) is 15.2. The summed E-state index contributed by atoms with van der Waals surface area (Å²) in [6, 6.07) is 18.7. The van der Waals surface area contributed by atoms with E-state index in [1.807, 2.05) is 87.5 Å². The van der Waals surface area contributed by atoms with E-state index in [9.17, 15) is 9.59 Å². The molecule has 0 radical (unpaired) electrons. The van der Waals surface area contributed by atoms with Crippen molar-refractivity contribution in [3.05, 3.63) is 103 Å². The maximum Gasteiger partial charge on any atom is 0.338 e. The minimum absolute atomic E-state index is 0.0380. The largest absolute Gasteiger partial charge is 0.494 e. The van der Waals surface area contributed by atoms with E-state index in [4.69, 9.17) is 19.2 Å². The van der Waals surface area contributed by atoms with Gasteiger partial charge in [-0.2, -0.15) is 0 Å². The standard InChI is InChI=1S/C32H32N2O5S/c1-6-37-23-15-12-22(13-16-23)29-28(31(36)38-7-2)20(5)33-32-34(29)30(35)27(40-32)18-25-24-11-9-8-10-21(24)14-17-26(25)39-19(3)4/h8-19,29H,6-7H2,1-5H3/b27-18-/t29-/m1/s1. The Kier molecular flexibility index (Phi) is 7.89. The highest BCUT2D eigenvalue weighted by atomic mass is 32.1. The van der Waals surface area contributed by atoms with Gasteiger partial charge in [-0.15, -0.1) is 0 Å². The number of esters is 1. The predicted molar refractivity (Wildman–Crippen MR) is 158 cm³/mol. The average Bonchev–Trinajstić information content (AvgIpc) is 3.23. The van der Waals surface area contributed by atoms with E-state index < -0.39 is 12.0 Å². The van der Waals surface area contributed by atoms with E-state index in [1.165, 1.54) is 11.3 Å². The molecule has 1 aliphatic rings. The quantitative estimate of drug-likeness (QED) is 0.281. The second kappa shape index (κ2) is 11.5. The van der Waals surface area contributed by atoms with Crippen molar-refractivity contribution in [3.8, 4) is 11.5 Å². The summed E-state index contributed by atoms with van der Waals surface area (Å²) < 4.78 is 19.3. The lowest BCUT2D eigenvalue weighted by atomic mass is 9.96. The van der Waals surface area contributed by atoms with Gasteiger partial charge in [0.05, 0.1) is 41.2 Å². The molecule has 0 aliphatic carbocycles. The van der Waals surface area contributed by atoms with Gasteiger partial charge in [-0.05, 0) is 75.2 Å². The van der Waals surface area contributed by atoms with E-state index in [-0.39, 0.29) is 18.3 Å². The van der Waals surface area contributed by atoms with Crippen LogP contribution in [-0.4, -0.2) is 29.9 Å². The van der Waals surface area contributed by atoms with E-state index in [0.717, 1.165) is 21.9 Å². The zero-order valence-electron chi connectivity index (χ0n) is 23.3. The molecule has 1 atom stereocenters. The van der Waals surface area contributed by atoms with Crippen LogP contribution in [0.15, 0.2) is 81.7 Å². The van der Waals surface area contributed by atoms with Gasteiger partial charge < -0.3 is 14.2 Å². The molecule has 0 bridgehead atoms. The Hall–Kier alpha value is -4.17. The summed E-state index contributed by atoms with van der Waals surface area (Å²) in [6.45, 7) is 10.2. The van der Waals surface area contributed by atoms with E-state index in [2.05, 4.69) is 0 Å². The van der Waals surface area contributed by atoms with Crippen molar-refractivity contribution in [2.45, 2.75) is 46.8 Å². The predicted octanol–water partition coefficient (Wildman–Crippen LogP) is 5.14. The maximum absolute atomic E-state index is 14.1. The summed E-state index contributed by atoms with van der Waals surface area (Å²) in [6.07, 6.45) is 1.84. The van der Waals surface area contributed by atoms with E-state index in [0.29, 0.717) is 38.7 Å². The van der Waals surface area contributed by atoms with Crippen LogP contribution in [0.2, 0.25) is 0 Å². The van der Waals surface area contributed by atoms with Gasteiger partial charge >= 0.3 is 5.97 Å². The summed E-state index contributed by atoms with van der Waals surface area (Å²) in [5, 5.41) is 2.03. The number of nitrogens with zero attached hydrogens (tertiary/aromatic N) is 2. The van der Waals surface area contributed by atoms with Crippen LogP contribution in [0.3, 0.4) is 0 Å². The van der Waals surface area contributed by atoms with Crippen molar-refractivity contribution in [1.29, 1.82) is 0 Å². The van der Waals surface area contributed by atoms with Crippen LogP contribution in [0.4, 0.5) is 0 Å². The number of benzene rings is 3. The number of carbonyl (C=O) groups is 1. The molecule has 8 heteroatoms. The molecule has 40 heavy (non-hydrogen) atoms. The highest BCUT2D eigenvalue weighted by Crippen LogP contribution is 2.32. The fraction of sp³-hybridized carbons (Fsp3) is 0.281. The summed E-state index contributed by atoms with van der Waals surface area (Å²) in [5.41, 5.74) is 2.23. The van der Waals surface area contributed by atoms with Crippen molar-refractivity contribution in [2.75, 3.05) is 13.2 Å². The highest BCUT2D eigenvalue weighted by molar-refractivity contribution is 7.07. The number of fused-ring (bicyclic) bond motifs is 2. The zero-order chi connectivity index (χ0) is 28.4. The third-order valence-electron chi connectivity index (χ3n) is 6.59. The zero-order valence-corrected chi connectivity index (χ0v) is 24.1. The fourth-order valence-electron chi connectivity index (χ4n) is 4.93. The minimum Gasteiger partial charge on any atom is -0.494 e. The molecule has 0 N–H and O–H groups in total. The van der Waals surface area contributed by atoms with Gasteiger partial charge in [0.2, 0.25) is 0 Å². The Morgan fingerprint density at radius 3 is 2.50 bits per heavy atom. The Morgan fingerprint density at radius 1 is 1.05 bits per heavy atom. The first kappa shape index (κ1) is 27.4. The SMILES string of the molecule is CCOC(=O)C1=C(C)N=c2s/c(=C\c3c(OC(C)C)ccc4ccccc34)c(=O)n2[C@@H]1c1ccc(OCC)cc1. The fourth-order valence-corrected chi connectivity index (χ4v) is 5.96. The Labute approximate surface area is 236 Å². The van der Waals surface area contributed by atoms with Crippen LogP contribution in [0.1, 0.15) is 51.8 Å². The molecular formula is C32H32N2O5S. The third-order valence-corrected chi connectivity index (χ3v) is 7.58. The summed E-state index contributed by atoms with van der Waals surface area (Å²) in [5.74, 6) is 0.926. The van der Waals surface area contributed by atoms with Gasteiger partial charge in [-0.1, -0.05) is 53.8 Å². The molecule has 7 nitrogen and oxygen atoms in total. The number of aromatic nitrogens is 1. The van der Waals surface area contributed by atoms with Crippen molar-refractivity contribution < 1.29 is 19.0 Å². The average molecular weight is 557 g/mol. The number of hydrogen-bond donors (Lipinski definition) is 0. The van der Waals surface area contributed by atoms with E-state index in [1.54, 1.807) is 18.4 Å². The third kappa shape index (κ3) is 5.19. The molecule has 0 unspecified atom stereocenters. The topological polar surface area (TPSA) is 79.1 Å². The molecule has 2 heterocycles. The van der Waals surface area contributed by atoms with Crippen molar-refractivity contribution >= 4 is 34.2 Å². The lowest BCUT2D eigenvalue weighted by Crippen LogP contribution is -2.39. The molecule has 206 valence electrons. The Balaban J connectivity index is 1.74. The van der Waals surface area contributed by atoms with Crippen LogP contribution in [0.5, 0.6) is 11.5 Å². The monoisotopic (exact) mass is 556 g/mol. The summed E-state index contributed by atoms with van der Waals surface area (Å²) in [7, 11) is 0. The molecule has 3 aromatic carbocycles. The molecule has 0 saturated carbocycles. The van der Waals surface area contributed by atoms with Crippen molar-refractivity contribution in [2.24, 2.45) is 4.99 Å². The highest BCUT2D eigenvalue weighted by Gasteiger charge is 2.33. The second-order valence-corrected chi connectivity index (χ2v) is 10.7. The van der Waals surface area contributed by atoms with Crippen molar-refractivity contribution in [3.63, 3.8) is 0 Å². The summed E-state index contributed by atoms with van der Waals surface area (Å²) in [4.78, 5) is 32.5. The van der Waals surface area contributed by atoms with Gasteiger partial charge in [0.1, 0.15) is 11.5 Å². The van der Waals surface area contributed by atoms with Crippen LogP contribution < -0.4 is 24.4 Å². The molecule has 0 saturated heterocycles. The molecule has 5 rings (SSSR count). The van der Waals surface area contributed by atoms with Crippen LogP contribution in [0, 0.1) is 0 Å². The van der Waals surface area contributed by atoms with Crippen LogP contribution >= 0.6 is 11.3 Å². The molecule has 4 aromatic rings. The van der Waals surface area contributed by atoms with Crippen LogP contribution in [0.25, 0.3) is 16.8 Å². The summed E-state index contributed by atoms with van der Waals surface area (Å²) >= 11 is 1.30. The number of carbonyl (C=O) groups excluding carboxylic acids is 1. The number of rotatable bonds is 8. The van der Waals surface area contributed by atoms with Gasteiger partial charge in [0, 0.05) is 5.56 Å². The lowest BCUT2D eigenvalue weighted by molar-refractivity contribution is -0.139. The van der Waals surface area contributed by atoms with Crippen molar-refractivity contribution in [1.82, 2.24) is 4.57 Å². The molecule has 0 fully saturated rings. The van der Waals surface area contributed by atoms with Gasteiger partial charge in [-0.25, -0.2) is 9.79 Å². The number of thiazole rings is 1. The number of hydrogen-bond acceptors (Lipinski definition) is 7. The smallest absolute Gasteiger partial charge is 0.338 e. The van der Waals surface area contributed by atoms with Gasteiger partial charge in [-0.3, -0.25) is 9.36 Å². The molecule has 1 aromatic heterocycles. The minimum atomic E-state index is -0.688. The van der Waals surface area contributed by atoms with E-state index >= 15 is 0 Å². The van der Waals surface area contributed by atoms with Gasteiger partial charge in [0.15, 0.2) is 4.80 Å². The first-order valence-corrected chi connectivity index (χ1v) is 14.2. The Bertz CT molecular complexity index is 1780. The first-order chi connectivity index (χ1) is 19.3. The second-order valence-electron chi connectivity index (χ2n) is 9.67. The molecule has 0 amide bonds. The first-order valence-electron chi connectivity index (χ1n) is 13.4. The maximum atomic E-state index is 14.1. The molecule has 1 aliphatic heterocycles. The van der Waals surface area contributed by atoms with Gasteiger partial charge in [0.25, 0.3) is 5.56 Å². The van der Waals surface area contributed by atoms with Crippen LogP contribution in [-0.2, 0) is 9.53 Å². The lowest BCUT2D eigenvalue weighted by Gasteiger charge is -2.24. The Morgan fingerprint density at radius 2 is 1.80 bits per heavy atom. The number of ether oxygens (including phenoxy) is 3. The molecule has 0 spiro atoms.